The van der Waals surface area contributed by atoms with E-state index in [1.807, 2.05) is 30.3 Å². The van der Waals surface area contributed by atoms with Crippen molar-refractivity contribution in [3.63, 3.8) is 0 Å². The van der Waals surface area contributed by atoms with Gasteiger partial charge in [0.1, 0.15) is 6.61 Å². The predicted octanol–water partition coefficient (Wildman–Crippen LogP) is 3.17. The molecule has 0 heterocycles. The molecule has 1 fully saturated rings. The zero-order valence-electron chi connectivity index (χ0n) is 8.86. The van der Waals surface area contributed by atoms with E-state index in [1.54, 1.807) is 0 Å². The van der Waals surface area contributed by atoms with Gasteiger partial charge in [-0.05, 0) is 12.0 Å². The Morgan fingerprint density at radius 3 is 2.19 bits per heavy atom. The fraction of sp³-hybridized carbons (Fsp3) is 0.417. The van der Waals surface area contributed by atoms with Crippen molar-refractivity contribution in [2.75, 3.05) is 0 Å². The highest BCUT2D eigenvalue weighted by Crippen LogP contribution is 2.36. The van der Waals surface area contributed by atoms with Gasteiger partial charge >= 0.3 is 0 Å². The second-order valence-corrected chi connectivity index (χ2v) is 3.60. The quantitative estimate of drug-likeness (QED) is 0.743. The summed E-state index contributed by atoms with van der Waals surface area (Å²) in [6, 6.07) is 9.55. The van der Waals surface area contributed by atoms with E-state index in [0.29, 0.717) is 19.5 Å². The van der Waals surface area contributed by atoms with Crippen LogP contribution in [0.3, 0.4) is 0 Å². The summed E-state index contributed by atoms with van der Waals surface area (Å²) in [6.45, 7) is 0.817. The van der Waals surface area contributed by atoms with E-state index in [1.165, 1.54) is 0 Å². The van der Waals surface area contributed by atoms with E-state index in [-0.39, 0.29) is 12.8 Å². The number of hydrogen-bond acceptors (Lipinski definition) is 2. The van der Waals surface area contributed by atoms with Crippen molar-refractivity contribution in [3.8, 4) is 0 Å². The molecular weight excluding hydrogens is 214 g/mol. The summed E-state index contributed by atoms with van der Waals surface area (Å²) >= 11 is 0. The van der Waals surface area contributed by atoms with Crippen molar-refractivity contribution in [2.24, 2.45) is 0 Å². The molecule has 1 aromatic rings. The van der Waals surface area contributed by atoms with Crippen LogP contribution in [0.5, 0.6) is 0 Å². The van der Waals surface area contributed by atoms with Crippen LogP contribution in [0.4, 0.5) is 8.78 Å². The van der Waals surface area contributed by atoms with Crippen molar-refractivity contribution < 1.29 is 18.3 Å². The Balaban J connectivity index is 0.000000181. The smallest absolute Gasteiger partial charge is 0.293 e. The number of rotatable bonds is 3. The SMILES string of the molecule is FC1(F)CCC1.O=COCc1ccccc1. The van der Waals surface area contributed by atoms with E-state index in [2.05, 4.69) is 4.74 Å². The summed E-state index contributed by atoms with van der Waals surface area (Å²) in [7, 11) is 0. The molecule has 0 amide bonds. The molecule has 88 valence electrons. The Labute approximate surface area is 93.2 Å². The number of carbonyl (C=O) groups excluding carboxylic acids is 1. The lowest BCUT2D eigenvalue weighted by atomic mass is 9.95. The fourth-order valence-electron chi connectivity index (χ4n) is 1.15. The number of benzene rings is 1. The van der Waals surface area contributed by atoms with Crippen LogP contribution in [-0.2, 0) is 16.1 Å². The van der Waals surface area contributed by atoms with Gasteiger partial charge in [0.25, 0.3) is 6.47 Å². The zero-order valence-corrected chi connectivity index (χ0v) is 8.86. The van der Waals surface area contributed by atoms with Crippen LogP contribution < -0.4 is 0 Å². The highest BCUT2D eigenvalue weighted by atomic mass is 19.3. The van der Waals surface area contributed by atoms with E-state index in [9.17, 15) is 13.6 Å². The molecular formula is C12H14F2O2. The molecule has 1 aliphatic carbocycles. The van der Waals surface area contributed by atoms with Crippen molar-refractivity contribution in [1.82, 2.24) is 0 Å². The van der Waals surface area contributed by atoms with Crippen LogP contribution in [0.1, 0.15) is 24.8 Å². The molecule has 0 bridgehead atoms. The fourth-order valence-corrected chi connectivity index (χ4v) is 1.15. The molecule has 0 radical (unpaired) electrons. The summed E-state index contributed by atoms with van der Waals surface area (Å²) in [5.41, 5.74) is 1.01. The van der Waals surface area contributed by atoms with Crippen LogP contribution in [0.25, 0.3) is 0 Å². The minimum absolute atomic E-state index is 0.118. The molecule has 2 nitrogen and oxygen atoms in total. The first kappa shape index (κ1) is 12.6. The van der Waals surface area contributed by atoms with Gasteiger partial charge in [-0.25, -0.2) is 8.78 Å². The summed E-state index contributed by atoms with van der Waals surface area (Å²) < 4.78 is 27.6. The molecule has 1 saturated carbocycles. The monoisotopic (exact) mass is 228 g/mol. The van der Waals surface area contributed by atoms with Gasteiger partial charge in [0.15, 0.2) is 0 Å². The Kier molecular flexibility index (Phi) is 4.89. The molecule has 0 aromatic heterocycles. The lowest BCUT2D eigenvalue weighted by molar-refractivity contribution is -0.129. The molecule has 4 heteroatoms. The first-order valence-electron chi connectivity index (χ1n) is 5.11. The number of halogens is 2. The third-order valence-corrected chi connectivity index (χ3v) is 2.25. The molecule has 0 spiro atoms. The average molecular weight is 228 g/mol. The summed E-state index contributed by atoms with van der Waals surface area (Å²) in [4.78, 5) is 9.76. The predicted molar refractivity (Wildman–Crippen MR) is 56.1 cm³/mol. The number of alkyl halides is 2. The first-order valence-corrected chi connectivity index (χ1v) is 5.11. The maximum atomic E-state index is 11.5. The Hall–Kier alpha value is -1.45. The van der Waals surface area contributed by atoms with Crippen molar-refractivity contribution in [2.45, 2.75) is 31.8 Å². The number of hydrogen-bond donors (Lipinski definition) is 0. The molecule has 16 heavy (non-hydrogen) atoms. The van der Waals surface area contributed by atoms with Crippen molar-refractivity contribution in [1.29, 1.82) is 0 Å². The lowest BCUT2D eigenvalue weighted by Crippen LogP contribution is -2.24. The van der Waals surface area contributed by atoms with E-state index in [0.717, 1.165) is 5.56 Å². The summed E-state index contributed by atoms with van der Waals surface area (Å²) in [5, 5.41) is 0. The average Bonchev–Trinajstić information content (AvgIpc) is 2.27. The second-order valence-electron chi connectivity index (χ2n) is 3.60. The van der Waals surface area contributed by atoms with Gasteiger partial charge in [-0.1, -0.05) is 30.3 Å². The van der Waals surface area contributed by atoms with Crippen molar-refractivity contribution in [3.05, 3.63) is 35.9 Å². The van der Waals surface area contributed by atoms with Crippen molar-refractivity contribution >= 4 is 6.47 Å². The third kappa shape index (κ3) is 4.87. The largest absolute Gasteiger partial charge is 0.463 e. The topological polar surface area (TPSA) is 26.3 Å². The minimum atomic E-state index is -2.28. The van der Waals surface area contributed by atoms with Gasteiger partial charge in [0, 0.05) is 12.8 Å². The van der Waals surface area contributed by atoms with Crippen LogP contribution in [-0.4, -0.2) is 12.4 Å². The molecule has 0 unspecified atom stereocenters. The lowest BCUT2D eigenvalue weighted by Gasteiger charge is -2.23. The summed E-state index contributed by atoms with van der Waals surface area (Å²) in [5.74, 6) is -2.28. The normalized spacial score (nSPS) is 16.4. The molecule has 1 aliphatic rings. The van der Waals surface area contributed by atoms with Crippen LogP contribution in [0.2, 0.25) is 0 Å². The maximum Gasteiger partial charge on any atom is 0.293 e. The maximum absolute atomic E-state index is 11.5. The van der Waals surface area contributed by atoms with E-state index >= 15 is 0 Å². The Morgan fingerprint density at radius 1 is 1.25 bits per heavy atom. The van der Waals surface area contributed by atoms with Gasteiger partial charge in [-0.15, -0.1) is 0 Å². The standard InChI is InChI=1S/C8H8O2.C4H6F2/c9-7-10-6-8-4-2-1-3-5-8;5-4(6)2-1-3-4/h1-5,7H,6H2;1-3H2. The molecule has 0 aliphatic heterocycles. The summed E-state index contributed by atoms with van der Waals surface area (Å²) in [6.07, 6.45) is 0.951. The van der Waals surface area contributed by atoms with Gasteiger partial charge in [-0.2, -0.15) is 0 Å². The van der Waals surface area contributed by atoms with Gasteiger partial charge in [0.05, 0.1) is 0 Å². The molecule has 1 aromatic carbocycles. The molecule has 0 N–H and O–H groups in total. The highest BCUT2D eigenvalue weighted by Gasteiger charge is 2.36. The Bertz CT molecular complexity index is 306. The zero-order chi connectivity index (χ0) is 11.9. The second kappa shape index (κ2) is 6.20. The van der Waals surface area contributed by atoms with Gasteiger partial charge in [-0.3, -0.25) is 4.79 Å². The molecule has 2 rings (SSSR count). The van der Waals surface area contributed by atoms with Crippen LogP contribution >= 0.6 is 0 Å². The molecule has 0 atom stereocenters. The third-order valence-electron chi connectivity index (χ3n) is 2.25. The number of carbonyl (C=O) groups is 1. The van der Waals surface area contributed by atoms with Crippen LogP contribution in [0, 0.1) is 0 Å². The highest BCUT2D eigenvalue weighted by molar-refractivity contribution is 5.37. The minimum Gasteiger partial charge on any atom is -0.463 e. The molecule has 0 saturated heterocycles. The van der Waals surface area contributed by atoms with E-state index in [4.69, 9.17) is 0 Å². The van der Waals surface area contributed by atoms with E-state index < -0.39 is 5.92 Å². The first-order chi connectivity index (χ1) is 7.64. The van der Waals surface area contributed by atoms with Gasteiger partial charge in [0.2, 0.25) is 5.92 Å². The Morgan fingerprint density at radius 2 is 1.81 bits per heavy atom. The van der Waals surface area contributed by atoms with Gasteiger partial charge < -0.3 is 4.74 Å². The van der Waals surface area contributed by atoms with Crippen LogP contribution in [0.15, 0.2) is 30.3 Å². The number of ether oxygens (including phenoxy) is 1.